The second-order valence-electron chi connectivity index (χ2n) is 6.92. The normalized spacial score (nSPS) is 17.2. The zero-order valence-corrected chi connectivity index (χ0v) is 16.2. The molecule has 6 heteroatoms. The van der Waals surface area contributed by atoms with E-state index in [2.05, 4.69) is 4.72 Å². The molecule has 1 fully saturated rings. The van der Waals surface area contributed by atoms with Crippen LogP contribution in [0, 0.1) is 13.8 Å². The lowest BCUT2D eigenvalue weighted by atomic mass is 10.1. The fourth-order valence-electron chi connectivity index (χ4n) is 3.31. The van der Waals surface area contributed by atoms with Crippen LogP contribution < -0.4 is 9.62 Å². The lowest BCUT2D eigenvalue weighted by molar-refractivity contribution is -0.909. The van der Waals surface area contributed by atoms with Crippen molar-refractivity contribution in [2.24, 2.45) is 0 Å². The van der Waals surface area contributed by atoms with Gasteiger partial charge in [0.05, 0.1) is 30.7 Å². The number of rotatable bonds is 6. The molecule has 5 nitrogen and oxygen atoms in total. The molecule has 1 atom stereocenters. The summed E-state index contributed by atoms with van der Waals surface area (Å²) in [6.45, 7) is 7.69. The Morgan fingerprint density at radius 1 is 1.08 bits per heavy atom. The summed E-state index contributed by atoms with van der Waals surface area (Å²) in [6, 6.07) is 15.1. The molecule has 1 aliphatic heterocycles. The summed E-state index contributed by atoms with van der Waals surface area (Å²) < 4.78 is 34.5. The average molecular weight is 376 g/mol. The van der Waals surface area contributed by atoms with Gasteiger partial charge < -0.3 is 9.64 Å². The molecule has 2 aromatic carbocycles. The summed E-state index contributed by atoms with van der Waals surface area (Å²) in [5, 5.41) is 0. The van der Waals surface area contributed by atoms with Gasteiger partial charge in [-0.1, -0.05) is 42.5 Å². The van der Waals surface area contributed by atoms with Gasteiger partial charge in [0.1, 0.15) is 13.1 Å². The minimum Gasteiger partial charge on any atom is -0.370 e. The van der Waals surface area contributed by atoms with Crippen LogP contribution in [-0.2, 0) is 14.8 Å². The molecule has 1 saturated heterocycles. The van der Waals surface area contributed by atoms with E-state index in [1.54, 1.807) is 6.07 Å². The predicted molar refractivity (Wildman–Crippen MR) is 102 cm³/mol. The maximum absolute atomic E-state index is 13.1. The Kier molecular flexibility index (Phi) is 6.09. The van der Waals surface area contributed by atoms with E-state index >= 15 is 0 Å². The first-order chi connectivity index (χ1) is 12.5. The Morgan fingerprint density at radius 3 is 2.46 bits per heavy atom. The number of ether oxygens (including phenoxy) is 1. The van der Waals surface area contributed by atoms with Gasteiger partial charge in [-0.25, -0.2) is 8.42 Å². The maximum Gasteiger partial charge on any atom is 0.241 e. The Hall–Kier alpha value is -1.73. The molecule has 0 radical (unpaired) electrons. The highest BCUT2D eigenvalue weighted by molar-refractivity contribution is 7.89. The first-order valence-corrected chi connectivity index (χ1v) is 10.5. The third-order valence-electron chi connectivity index (χ3n) is 4.83. The lowest BCUT2D eigenvalue weighted by Crippen LogP contribution is -3.14. The monoisotopic (exact) mass is 375 g/mol. The number of hydrogen-bond donors (Lipinski definition) is 2. The number of benzene rings is 2. The highest BCUT2D eigenvalue weighted by Crippen LogP contribution is 2.20. The van der Waals surface area contributed by atoms with Crippen LogP contribution in [0.25, 0.3) is 0 Å². The Labute approximate surface area is 156 Å². The van der Waals surface area contributed by atoms with Crippen LogP contribution >= 0.6 is 0 Å². The van der Waals surface area contributed by atoms with Crippen molar-refractivity contribution in [3.63, 3.8) is 0 Å². The Bertz CT molecular complexity index is 831. The van der Waals surface area contributed by atoms with Crippen molar-refractivity contribution in [2.75, 3.05) is 32.8 Å². The summed E-state index contributed by atoms with van der Waals surface area (Å²) >= 11 is 0. The molecule has 0 unspecified atom stereocenters. The SMILES string of the molecule is Cc1ccc(C)c(S(=O)(=O)N[C@@H](C[NH+]2CCOCC2)c2ccccc2)c1. The molecule has 26 heavy (non-hydrogen) atoms. The van der Waals surface area contributed by atoms with E-state index in [4.69, 9.17) is 4.74 Å². The number of sulfonamides is 1. The second-order valence-corrected chi connectivity index (χ2v) is 8.60. The lowest BCUT2D eigenvalue weighted by Gasteiger charge is -2.28. The molecule has 0 spiro atoms. The quantitative estimate of drug-likeness (QED) is 0.799. The minimum atomic E-state index is -3.61. The smallest absolute Gasteiger partial charge is 0.241 e. The van der Waals surface area contributed by atoms with Gasteiger partial charge in [0.2, 0.25) is 10.0 Å². The van der Waals surface area contributed by atoms with Crippen LogP contribution in [0.1, 0.15) is 22.7 Å². The van der Waals surface area contributed by atoms with Crippen molar-refractivity contribution in [3.05, 3.63) is 65.2 Å². The highest BCUT2D eigenvalue weighted by atomic mass is 32.2. The summed E-state index contributed by atoms with van der Waals surface area (Å²) in [4.78, 5) is 1.71. The zero-order valence-electron chi connectivity index (χ0n) is 15.4. The Morgan fingerprint density at radius 2 is 1.77 bits per heavy atom. The van der Waals surface area contributed by atoms with E-state index in [1.807, 2.05) is 56.3 Å². The predicted octanol–water partition coefficient (Wildman–Crippen LogP) is 1.24. The number of hydrogen-bond acceptors (Lipinski definition) is 3. The van der Waals surface area contributed by atoms with Crippen LogP contribution in [0.3, 0.4) is 0 Å². The van der Waals surface area contributed by atoms with Gasteiger partial charge in [0.25, 0.3) is 0 Å². The third kappa shape index (κ3) is 4.71. The molecule has 2 N–H and O–H groups in total. The molecule has 0 aromatic heterocycles. The number of quaternary nitrogens is 1. The van der Waals surface area contributed by atoms with Crippen LogP contribution in [0.5, 0.6) is 0 Å². The minimum absolute atomic E-state index is 0.269. The van der Waals surface area contributed by atoms with Gasteiger partial charge in [-0.15, -0.1) is 0 Å². The summed E-state index contributed by atoms with van der Waals surface area (Å²) in [7, 11) is -3.61. The van der Waals surface area contributed by atoms with Crippen molar-refractivity contribution in [1.29, 1.82) is 0 Å². The van der Waals surface area contributed by atoms with Crippen molar-refractivity contribution in [3.8, 4) is 0 Å². The van der Waals surface area contributed by atoms with Gasteiger partial charge in [-0.05, 0) is 36.6 Å². The van der Waals surface area contributed by atoms with E-state index < -0.39 is 10.0 Å². The third-order valence-corrected chi connectivity index (χ3v) is 6.44. The second kappa shape index (κ2) is 8.31. The molecule has 2 aromatic rings. The van der Waals surface area contributed by atoms with Gasteiger partial charge in [0.15, 0.2) is 0 Å². The number of nitrogens with one attached hydrogen (secondary N) is 2. The molecule has 3 rings (SSSR count). The maximum atomic E-state index is 13.1. The summed E-state index contributed by atoms with van der Waals surface area (Å²) in [5.41, 5.74) is 2.68. The zero-order chi connectivity index (χ0) is 18.6. The first-order valence-electron chi connectivity index (χ1n) is 9.01. The molecule has 0 amide bonds. The largest absolute Gasteiger partial charge is 0.370 e. The van der Waals surface area contributed by atoms with Gasteiger partial charge >= 0.3 is 0 Å². The summed E-state index contributed by atoms with van der Waals surface area (Å²) in [6.07, 6.45) is 0. The number of morpholine rings is 1. The van der Waals surface area contributed by atoms with Crippen LogP contribution in [0.15, 0.2) is 53.4 Å². The van der Waals surface area contributed by atoms with Crippen molar-refractivity contribution < 1.29 is 18.1 Å². The molecule has 0 saturated carbocycles. The average Bonchev–Trinajstić information content (AvgIpc) is 2.64. The molecular weight excluding hydrogens is 348 g/mol. The van der Waals surface area contributed by atoms with Crippen LogP contribution in [0.2, 0.25) is 0 Å². The molecule has 0 aliphatic carbocycles. The van der Waals surface area contributed by atoms with E-state index in [1.165, 1.54) is 4.90 Å². The van der Waals surface area contributed by atoms with Gasteiger partial charge in [-0.3, -0.25) is 0 Å². The fourth-order valence-corrected chi connectivity index (χ4v) is 4.87. The van der Waals surface area contributed by atoms with Crippen LogP contribution in [-0.4, -0.2) is 41.3 Å². The molecular formula is C20H27N2O3S+. The molecule has 1 aliphatic rings. The van der Waals surface area contributed by atoms with E-state index in [9.17, 15) is 8.42 Å². The Balaban J connectivity index is 1.87. The van der Waals surface area contributed by atoms with E-state index in [-0.39, 0.29) is 6.04 Å². The van der Waals surface area contributed by atoms with E-state index in [0.29, 0.717) is 11.4 Å². The first kappa shape index (κ1) is 19.0. The van der Waals surface area contributed by atoms with Gasteiger partial charge in [-0.2, -0.15) is 4.72 Å². The molecule has 0 bridgehead atoms. The number of aryl methyl sites for hydroxylation is 2. The highest BCUT2D eigenvalue weighted by Gasteiger charge is 2.27. The van der Waals surface area contributed by atoms with Crippen molar-refractivity contribution in [1.82, 2.24) is 4.72 Å². The van der Waals surface area contributed by atoms with Crippen LogP contribution in [0.4, 0.5) is 0 Å². The molecule has 140 valence electrons. The fraction of sp³-hybridized carbons (Fsp3) is 0.400. The van der Waals surface area contributed by atoms with Gasteiger partial charge in [0, 0.05) is 0 Å². The van der Waals surface area contributed by atoms with E-state index in [0.717, 1.165) is 43.0 Å². The topological polar surface area (TPSA) is 59.8 Å². The van der Waals surface area contributed by atoms with Crippen molar-refractivity contribution in [2.45, 2.75) is 24.8 Å². The summed E-state index contributed by atoms with van der Waals surface area (Å²) in [5.74, 6) is 0. The van der Waals surface area contributed by atoms with Crippen molar-refractivity contribution >= 4 is 10.0 Å². The standard InChI is InChI=1S/C20H26N2O3S/c1-16-8-9-17(2)20(14-16)26(23,24)21-19(18-6-4-3-5-7-18)15-22-10-12-25-13-11-22/h3-9,14,19,21H,10-13,15H2,1-2H3/p+1/t19-/m0/s1. The molecule has 1 heterocycles.